The van der Waals surface area contributed by atoms with Crippen molar-refractivity contribution in [1.82, 2.24) is 10.3 Å². The third kappa shape index (κ3) is 7.37. The topological polar surface area (TPSA) is 89.7 Å². The zero-order valence-electron chi connectivity index (χ0n) is 22.8. The third-order valence-electron chi connectivity index (χ3n) is 6.50. The van der Waals surface area contributed by atoms with Crippen molar-refractivity contribution in [1.29, 1.82) is 0 Å². The molecule has 0 unspecified atom stereocenters. The van der Waals surface area contributed by atoms with Crippen LogP contribution in [0.2, 0.25) is 0 Å². The number of aromatic nitrogens is 1. The number of carbonyl (C=O) groups is 1. The zero-order valence-corrected chi connectivity index (χ0v) is 23.6. The highest BCUT2D eigenvalue weighted by Crippen LogP contribution is 2.36. The number of ether oxygens (including phenoxy) is 2. The monoisotopic (exact) mass is 544 g/mol. The Hall–Kier alpha value is -3.88. The van der Waals surface area contributed by atoms with Crippen molar-refractivity contribution < 1.29 is 14.3 Å². The van der Waals surface area contributed by atoms with Gasteiger partial charge in [0.1, 0.15) is 11.5 Å². The molecule has 0 radical (unpaired) electrons. The first-order valence-corrected chi connectivity index (χ1v) is 14.0. The second kappa shape index (κ2) is 13.8. The molecule has 4 aromatic rings. The summed E-state index contributed by atoms with van der Waals surface area (Å²) in [5.74, 6) is 1.42. The molecular weight excluding hydrogens is 508 g/mol. The van der Waals surface area contributed by atoms with E-state index >= 15 is 0 Å². The van der Waals surface area contributed by atoms with Crippen LogP contribution in [0.4, 0.5) is 5.13 Å². The number of methoxy groups -OCH3 is 2. The maximum absolute atomic E-state index is 12.7. The van der Waals surface area contributed by atoms with Crippen LogP contribution in [-0.2, 0) is 19.6 Å². The van der Waals surface area contributed by atoms with Gasteiger partial charge in [-0.25, -0.2) is 4.98 Å². The number of carbonyl (C=O) groups excluding carboxylic acids is 1. The average molecular weight is 545 g/mol. The van der Waals surface area contributed by atoms with E-state index < -0.39 is 0 Å². The molecule has 1 amide bonds. The van der Waals surface area contributed by atoms with E-state index in [2.05, 4.69) is 22.5 Å². The van der Waals surface area contributed by atoms with Crippen molar-refractivity contribution in [3.8, 4) is 22.8 Å². The molecular formula is C31H36N4O3S. The lowest BCUT2D eigenvalue weighted by molar-refractivity contribution is 0.0951. The second-order valence-electron chi connectivity index (χ2n) is 9.26. The third-order valence-corrected chi connectivity index (χ3v) is 7.40. The number of nitrogens with two attached hydrogens (primary N) is 1. The largest absolute Gasteiger partial charge is 0.497 e. The molecule has 0 fully saturated rings. The molecule has 0 saturated carbocycles. The minimum atomic E-state index is -0.0978. The number of nitrogens with one attached hydrogen (secondary N) is 1. The Bertz CT molecular complexity index is 1370. The van der Waals surface area contributed by atoms with Crippen LogP contribution in [0.5, 0.6) is 11.5 Å². The lowest BCUT2D eigenvalue weighted by Crippen LogP contribution is -2.24. The first kappa shape index (κ1) is 28.1. The second-order valence-corrected chi connectivity index (χ2v) is 10.1. The Morgan fingerprint density at radius 2 is 1.79 bits per heavy atom. The van der Waals surface area contributed by atoms with E-state index in [1.165, 1.54) is 0 Å². The van der Waals surface area contributed by atoms with Crippen LogP contribution in [0.25, 0.3) is 11.3 Å². The van der Waals surface area contributed by atoms with Gasteiger partial charge in [-0.15, -0.1) is 11.3 Å². The van der Waals surface area contributed by atoms with E-state index in [1.807, 2.05) is 66.7 Å². The fourth-order valence-electron chi connectivity index (χ4n) is 4.27. The van der Waals surface area contributed by atoms with Gasteiger partial charge in [0.2, 0.25) is 0 Å². The zero-order chi connectivity index (χ0) is 27.6. The maximum Gasteiger partial charge on any atom is 0.251 e. The van der Waals surface area contributed by atoms with E-state index in [1.54, 1.807) is 25.6 Å². The highest BCUT2D eigenvalue weighted by Gasteiger charge is 2.16. The summed E-state index contributed by atoms with van der Waals surface area (Å²) in [6.07, 6.45) is 2.15. The van der Waals surface area contributed by atoms with Gasteiger partial charge in [0.05, 0.1) is 19.9 Å². The molecule has 0 bridgehead atoms. The van der Waals surface area contributed by atoms with Gasteiger partial charge in [0.15, 0.2) is 5.13 Å². The first-order valence-electron chi connectivity index (χ1n) is 13.1. The smallest absolute Gasteiger partial charge is 0.251 e. The normalized spacial score (nSPS) is 10.8. The van der Waals surface area contributed by atoms with Crippen molar-refractivity contribution in [3.05, 3.63) is 94.4 Å². The summed E-state index contributed by atoms with van der Waals surface area (Å²) in [7, 11) is 3.32. The highest BCUT2D eigenvalue weighted by atomic mass is 32.1. The van der Waals surface area contributed by atoms with Crippen LogP contribution < -0.4 is 25.4 Å². The molecule has 0 spiro atoms. The summed E-state index contributed by atoms with van der Waals surface area (Å²) in [6.45, 7) is 4.73. The van der Waals surface area contributed by atoms with Crippen LogP contribution in [0.3, 0.4) is 0 Å². The van der Waals surface area contributed by atoms with Crippen molar-refractivity contribution in [2.75, 3.05) is 25.7 Å². The fourth-order valence-corrected chi connectivity index (χ4v) is 5.12. The average Bonchev–Trinajstić information content (AvgIpc) is 3.48. The Morgan fingerprint density at radius 1 is 1.00 bits per heavy atom. The van der Waals surface area contributed by atoms with E-state index in [0.717, 1.165) is 64.0 Å². The van der Waals surface area contributed by atoms with E-state index in [9.17, 15) is 4.79 Å². The number of amides is 1. The number of hydrogen-bond acceptors (Lipinski definition) is 7. The molecule has 1 aromatic heterocycles. The molecule has 4 rings (SSSR count). The molecule has 0 atom stereocenters. The van der Waals surface area contributed by atoms with Gasteiger partial charge < -0.3 is 25.4 Å². The van der Waals surface area contributed by atoms with Crippen molar-refractivity contribution in [2.24, 2.45) is 5.73 Å². The Kier molecular flexibility index (Phi) is 9.94. The molecule has 3 aromatic carbocycles. The summed E-state index contributed by atoms with van der Waals surface area (Å²) >= 11 is 1.62. The van der Waals surface area contributed by atoms with Gasteiger partial charge in [0, 0.05) is 42.7 Å². The fraction of sp³-hybridized carbons (Fsp3) is 0.290. The lowest BCUT2D eigenvalue weighted by atomic mass is 10.1. The van der Waals surface area contributed by atoms with Crippen LogP contribution in [0, 0.1) is 0 Å². The first-order chi connectivity index (χ1) is 19.0. The van der Waals surface area contributed by atoms with Crippen LogP contribution in [-0.4, -0.2) is 31.7 Å². The molecule has 3 N–H and O–H groups in total. The van der Waals surface area contributed by atoms with Gasteiger partial charge in [-0.05, 0) is 53.4 Å². The molecule has 0 aliphatic heterocycles. The number of nitrogens with zero attached hydrogens (tertiary/aromatic N) is 2. The summed E-state index contributed by atoms with van der Waals surface area (Å²) in [6, 6.07) is 21.5. The molecule has 39 heavy (non-hydrogen) atoms. The minimum Gasteiger partial charge on any atom is -0.497 e. The highest BCUT2D eigenvalue weighted by molar-refractivity contribution is 7.14. The molecule has 204 valence electrons. The summed E-state index contributed by atoms with van der Waals surface area (Å²) in [4.78, 5) is 20.0. The van der Waals surface area contributed by atoms with Gasteiger partial charge in [-0.3, -0.25) is 4.79 Å². The summed E-state index contributed by atoms with van der Waals surface area (Å²) < 4.78 is 11.0. The summed E-state index contributed by atoms with van der Waals surface area (Å²) in [5, 5.41) is 6.01. The molecule has 0 aliphatic rings. The predicted octanol–water partition coefficient (Wildman–Crippen LogP) is 6.02. The van der Waals surface area contributed by atoms with Crippen LogP contribution in [0.1, 0.15) is 46.8 Å². The van der Waals surface area contributed by atoms with E-state index in [-0.39, 0.29) is 5.91 Å². The van der Waals surface area contributed by atoms with E-state index in [0.29, 0.717) is 25.2 Å². The van der Waals surface area contributed by atoms with Crippen molar-refractivity contribution in [2.45, 2.75) is 39.4 Å². The van der Waals surface area contributed by atoms with Gasteiger partial charge in [0.25, 0.3) is 5.91 Å². The Labute approximate surface area is 234 Å². The van der Waals surface area contributed by atoms with Gasteiger partial charge in [-0.2, -0.15) is 0 Å². The predicted molar refractivity (Wildman–Crippen MR) is 159 cm³/mol. The quantitative estimate of drug-likeness (QED) is 0.214. The number of anilines is 1. The maximum atomic E-state index is 12.7. The van der Waals surface area contributed by atoms with Crippen molar-refractivity contribution >= 4 is 22.4 Å². The molecule has 1 heterocycles. The molecule has 8 heteroatoms. The minimum absolute atomic E-state index is 0.0978. The molecule has 7 nitrogen and oxygen atoms in total. The van der Waals surface area contributed by atoms with Gasteiger partial charge in [-0.1, -0.05) is 49.7 Å². The lowest BCUT2D eigenvalue weighted by Gasteiger charge is -2.22. The number of thiazole rings is 1. The standard InChI is InChI=1S/C31H36N4O3S/c1-4-5-15-35(31-34-28(21-39-31)27-17-26(37-2)13-14-29(27)38-3)20-22-9-11-25(12-10-22)30(36)33-19-24-8-6-7-23(16-24)18-32/h6-14,16-17,21H,4-5,15,18-20,32H2,1-3H3,(H,33,36). The van der Waals surface area contributed by atoms with Crippen molar-refractivity contribution in [3.63, 3.8) is 0 Å². The SMILES string of the molecule is CCCCN(Cc1ccc(C(=O)NCc2cccc(CN)c2)cc1)c1nc(-c2cc(OC)ccc2OC)cs1. The number of rotatable bonds is 13. The van der Waals surface area contributed by atoms with Crippen LogP contribution in [0.15, 0.2) is 72.1 Å². The number of hydrogen-bond donors (Lipinski definition) is 2. The number of benzene rings is 3. The summed E-state index contributed by atoms with van der Waals surface area (Å²) in [5.41, 5.74) is 11.3. The number of unbranched alkanes of at least 4 members (excludes halogenated alkanes) is 1. The van der Waals surface area contributed by atoms with Crippen LogP contribution >= 0.6 is 11.3 Å². The Balaban J connectivity index is 1.45. The van der Waals surface area contributed by atoms with E-state index in [4.69, 9.17) is 20.2 Å². The Morgan fingerprint density at radius 3 is 2.51 bits per heavy atom. The van der Waals surface area contributed by atoms with Gasteiger partial charge >= 0.3 is 0 Å². The molecule has 0 saturated heterocycles. The molecule has 0 aliphatic carbocycles.